The average Bonchev–Trinajstić information content (AvgIpc) is 2.91. The maximum Gasteiger partial charge on any atom is 0.106 e. The average molecular weight is 255 g/mol. The van der Waals surface area contributed by atoms with Crippen molar-refractivity contribution >= 4 is 11.0 Å². The van der Waals surface area contributed by atoms with E-state index in [2.05, 4.69) is 37.9 Å². The number of aryl methyl sites for hydroxylation is 2. The third-order valence-corrected chi connectivity index (χ3v) is 3.69. The number of imidazole rings is 1. The zero-order valence-corrected chi connectivity index (χ0v) is 11.4. The van der Waals surface area contributed by atoms with E-state index in [9.17, 15) is 0 Å². The van der Waals surface area contributed by atoms with Gasteiger partial charge in [-0.2, -0.15) is 5.10 Å². The van der Waals surface area contributed by atoms with E-state index in [-0.39, 0.29) is 0 Å². The molecule has 98 valence electrons. The molecule has 0 aliphatic rings. The third kappa shape index (κ3) is 1.74. The topological polar surface area (TPSA) is 72.5 Å². The summed E-state index contributed by atoms with van der Waals surface area (Å²) in [6, 6.07) is 6.24. The Bertz CT molecular complexity index is 751. The van der Waals surface area contributed by atoms with Gasteiger partial charge in [0.05, 0.1) is 22.4 Å². The van der Waals surface area contributed by atoms with Gasteiger partial charge in [0.15, 0.2) is 0 Å². The highest BCUT2D eigenvalue weighted by atomic mass is 15.1. The third-order valence-electron chi connectivity index (χ3n) is 3.69. The second-order valence-electron chi connectivity index (χ2n) is 4.80. The molecular weight excluding hydrogens is 238 g/mol. The molecule has 3 N–H and O–H groups in total. The van der Waals surface area contributed by atoms with Crippen LogP contribution in [0, 0.1) is 13.8 Å². The van der Waals surface area contributed by atoms with E-state index in [1.165, 1.54) is 0 Å². The lowest BCUT2D eigenvalue weighted by atomic mass is 10.1. The molecule has 5 heteroatoms. The van der Waals surface area contributed by atoms with Gasteiger partial charge in [-0.05, 0) is 31.5 Å². The Labute approximate surface area is 111 Å². The van der Waals surface area contributed by atoms with Crippen molar-refractivity contribution in [3.8, 4) is 11.3 Å². The fourth-order valence-electron chi connectivity index (χ4n) is 2.38. The number of aromatic amines is 1. The summed E-state index contributed by atoms with van der Waals surface area (Å²) in [6.45, 7) is 4.52. The van der Waals surface area contributed by atoms with E-state index < -0.39 is 0 Å². The molecule has 5 nitrogen and oxygen atoms in total. The number of nitrogens with one attached hydrogen (secondary N) is 1. The van der Waals surface area contributed by atoms with E-state index in [1.54, 1.807) is 0 Å². The van der Waals surface area contributed by atoms with Gasteiger partial charge in [-0.3, -0.25) is 5.10 Å². The minimum absolute atomic E-state index is 0.476. The zero-order chi connectivity index (χ0) is 13.6. The fourth-order valence-corrected chi connectivity index (χ4v) is 2.38. The smallest absolute Gasteiger partial charge is 0.106 e. The van der Waals surface area contributed by atoms with Crippen LogP contribution in [0.4, 0.5) is 0 Å². The van der Waals surface area contributed by atoms with Crippen LogP contribution in [-0.4, -0.2) is 19.7 Å². The summed E-state index contributed by atoms with van der Waals surface area (Å²) < 4.78 is 2.09. The maximum atomic E-state index is 5.67. The molecule has 0 spiro atoms. The van der Waals surface area contributed by atoms with Gasteiger partial charge in [-0.15, -0.1) is 0 Å². The highest BCUT2D eigenvalue weighted by Gasteiger charge is 2.12. The Morgan fingerprint density at radius 2 is 2.11 bits per heavy atom. The second kappa shape index (κ2) is 4.20. The van der Waals surface area contributed by atoms with Crippen molar-refractivity contribution in [3.05, 3.63) is 35.3 Å². The molecule has 0 bridgehead atoms. The minimum atomic E-state index is 0.476. The van der Waals surface area contributed by atoms with Crippen LogP contribution in [-0.2, 0) is 13.6 Å². The summed E-state index contributed by atoms with van der Waals surface area (Å²) in [5, 5.41) is 7.34. The minimum Gasteiger partial charge on any atom is -0.331 e. The van der Waals surface area contributed by atoms with Gasteiger partial charge in [0.25, 0.3) is 0 Å². The van der Waals surface area contributed by atoms with Gasteiger partial charge in [-0.1, -0.05) is 6.07 Å². The molecule has 0 aliphatic carbocycles. The monoisotopic (exact) mass is 255 g/mol. The molecule has 0 atom stereocenters. The molecule has 2 aromatic heterocycles. The van der Waals surface area contributed by atoms with Crippen LogP contribution in [0.3, 0.4) is 0 Å². The maximum absolute atomic E-state index is 5.67. The lowest BCUT2D eigenvalue weighted by molar-refractivity contribution is 0.886. The Hall–Kier alpha value is -2.14. The quantitative estimate of drug-likeness (QED) is 0.736. The summed E-state index contributed by atoms with van der Waals surface area (Å²) in [6.07, 6.45) is 0. The lowest BCUT2D eigenvalue weighted by Gasteiger charge is -2.01. The first kappa shape index (κ1) is 11.9. The lowest BCUT2D eigenvalue weighted by Crippen LogP contribution is -1.98. The number of nitrogens with two attached hydrogens (primary N) is 1. The van der Waals surface area contributed by atoms with Crippen LogP contribution in [0.15, 0.2) is 18.2 Å². The van der Waals surface area contributed by atoms with Crippen molar-refractivity contribution < 1.29 is 0 Å². The molecule has 3 aromatic rings. The van der Waals surface area contributed by atoms with E-state index in [0.717, 1.165) is 39.4 Å². The van der Waals surface area contributed by atoms with Gasteiger partial charge >= 0.3 is 0 Å². The summed E-state index contributed by atoms with van der Waals surface area (Å²) in [5.41, 5.74) is 11.9. The van der Waals surface area contributed by atoms with Crippen LogP contribution in [0.1, 0.15) is 17.1 Å². The molecule has 0 unspecified atom stereocenters. The van der Waals surface area contributed by atoms with Crippen molar-refractivity contribution in [1.82, 2.24) is 19.7 Å². The van der Waals surface area contributed by atoms with Gasteiger partial charge < -0.3 is 10.3 Å². The molecular formula is C14H17N5. The number of nitrogens with zero attached hydrogens (tertiary/aromatic N) is 3. The van der Waals surface area contributed by atoms with E-state index in [1.807, 2.05) is 20.9 Å². The van der Waals surface area contributed by atoms with E-state index >= 15 is 0 Å². The van der Waals surface area contributed by atoms with Crippen LogP contribution in [0.5, 0.6) is 0 Å². The molecule has 2 heterocycles. The number of hydrogen-bond acceptors (Lipinski definition) is 3. The predicted octanol–water partition coefficient (Wildman–Crippen LogP) is 2.04. The van der Waals surface area contributed by atoms with Gasteiger partial charge in [0.1, 0.15) is 5.82 Å². The summed E-state index contributed by atoms with van der Waals surface area (Å²) in [5.74, 6) is 1.01. The number of fused-ring (bicyclic) bond motifs is 1. The molecule has 0 radical (unpaired) electrons. The summed E-state index contributed by atoms with van der Waals surface area (Å²) in [7, 11) is 2.02. The Kier molecular flexibility index (Phi) is 2.64. The molecule has 0 amide bonds. The Morgan fingerprint density at radius 1 is 1.32 bits per heavy atom. The number of H-pyrrole nitrogens is 1. The van der Waals surface area contributed by atoms with Gasteiger partial charge in [0, 0.05) is 19.2 Å². The molecule has 19 heavy (non-hydrogen) atoms. The summed E-state index contributed by atoms with van der Waals surface area (Å²) >= 11 is 0. The van der Waals surface area contributed by atoms with Crippen LogP contribution in [0.2, 0.25) is 0 Å². The molecule has 0 fully saturated rings. The van der Waals surface area contributed by atoms with Crippen molar-refractivity contribution in [2.24, 2.45) is 12.8 Å². The first-order valence-corrected chi connectivity index (χ1v) is 6.29. The first-order valence-electron chi connectivity index (χ1n) is 6.29. The van der Waals surface area contributed by atoms with Crippen LogP contribution < -0.4 is 5.73 Å². The highest BCUT2D eigenvalue weighted by Crippen LogP contribution is 2.26. The largest absolute Gasteiger partial charge is 0.331 e. The van der Waals surface area contributed by atoms with Crippen molar-refractivity contribution in [2.45, 2.75) is 20.4 Å². The standard InChI is InChI=1S/C14H17N5/c1-8-12(7-15)17-18-14(8)10-4-5-13-11(6-10)16-9(2)19(13)3/h4-6H,7,15H2,1-3H3,(H,17,18). The van der Waals surface area contributed by atoms with Crippen molar-refractivity contribution in [1.29, 1.82) is 0 Å². The molecule has 3 rings (SSSR count). The van der Waals surface area contributed by atoms with Crippen molar-refractivity contribution in [2.75, 3.05) is 0 Å². The SMILES string of the molecule is Cc1c(-c2ccc3c(c2)nc(C)n3C)n[nH]c1CN. The van der Waals surface area contributed by atoms with E-state index in [4.69, 9.17) is 5.73 Å². The molecule has 0 aliphatic heterocycles. The van der Waals surface area contributed by atoms with Gasteiger partial charge in [-0.25, -0.2) is 4.98 Å². The molecule has 1 aromatic carbocycles. The number of benzene rings is 1. The summed E-state index contributed by atoms with van der Waals surface area (Å²) in [4.78, 5) is 4.56. The van der Waals surface area contributed by atoms with E-state index in [0.29, 0.717) is 6.54 Å². The van der Waals surface area contributed by atoms with Crippen LogP contribution >= 0.6 is 0 Å². The van der Waals surface area contributed by atoms with Crippen LogP contribution in [0.25, 0.3) is 22.3 Å². The zero-order valence-electron chi connectivity index (χ0n) is 11.4. The Balaban J connectivity index is 2.17. The fraction of sp³-hybridized carbons (Fsp3) is 0.286. The number of hydrogen-bond donors (Lipinski definition) is 2. The number of rotatable bonds is 2. The second-order valence-corrected chi connectivity index (χ2v) is 4.80. The number of aromatic nitrogens is 4. The van der Waals surface area contributed by atoms with Gasteiger partial charge in [0.2, 0.25) is 0 Å². The Morgan fingerprint density at radius 3 is 2.79 bits per heavy atom. The first-order chi connectivity index (χ1) is 9.11. The van der Waals surface area contributed by atoms with Crippen molar-refractivity contribution in [3.63, 3.8) is 0 Å². The highest BCUT2D eigenvalue weighted by molar-refractivity contribution is 5.82. The predicted molar refractivity (Wildman–Crippen MR) is 75.7 cm³/mol. The normalized spacial score (nSPS) is 11.4. The molecule has 0 saturated carbocycles. The molecule has 0 saturated heterocycles.